The molecule has 1 fully saturated rings. The Morgan fingerprint density at radius 1 is 1.40 bits per heavy atom. The average molecular weight is 226 g/mol. The first-order chi connectivity index (χ1) is 7.27. The fourth-order valence-electron chi connectivity index (χ4n) is 2.33. The van der Waals surface area contributed by atoms with E-state index in [1.807, 2.05) is 11.8 Å². The van der Waals surface area contributed by atoms with Crippen molar-refractivity contribution in [3.63, 3.8) is 0 Å². The van der Waals surface area contributed by atoms with Crippen molar-refractivity contribution in [1.82, 2.24) is 5.32 Å². The quantitative estimate of drug-likeness (QED) is 0.749. The lowest BCUT2D eigenvalue weighted by Crippen LogP contribution is -2.41. The minimum atomic E-state index is 0.233. The van der Waals surface area contributed by atoms with E-state index in [0.717, 1.165) is 12.2 Å². The van der Waals surface area contributed by atoms with Crippen LogP contribution in [0.2, 0.25) is 0 Å². The summed E-state index contributed by atoms with van der Waals surface area (Å²) in [6, 6.07) is 3.43. The van der Waals surface area contributed by atoms with Gasteiger partial charge in [-0.25, -0.2) is 0 Å². The molecule has 1 saturated carbocycles. The van der Waals surface area contributed by atoms with Crippen LogP contribution in [-0.2, 0) is 0 Å². The lowest BCUT2D eigenvalue weighted by atomic mass is 9.96. The number of nitrogens with zero attached hydrogens (tertiary/aromatic N) is 1. The predicted octanol–water partition coefficient (Wildman–Crippen LogP) is 2.80. The highest BCUT2D eigenvalue weighted by atomic mass is 32.2. The van der Waals surface area contributed by atoms with E-state index in [9.17, 15) is 0 Å². The highest BCUT2D eigenvalue weighted by Crippen LogP contribution is 2.23. The van der Waals surface area contributed by atoms with E-state index in [1.165, 1.54) is 25.7 Å². The number of hydrogen-bond acceptors (Lipinski definition) is 3. The zero-order valence-electron chi connectivity index (χ0n) is 9.83. The summed E-state index contributed by atoms with van der Waals surface area (Å²) in [5.74, 6) is 1.37. The Morgan fingerprint density at radius 3 is 2.80 bits per heavy atom. The third-order valence-corrected chi connectivity index (χ3v) is 3.93. The Kier molecular flexibility index (Phi) is 6.12. The highest BCUT2D eigenvalue weighted by molar-refractivity contribution is 7.98. The summed E-state index contributed by atoms with van der Waals surface area (Å²) in [7, 11) is 0. The lowest BCUT2D eigenvalue weighted by molar-refractivity contribution is 0.370. The number of nitrogens with one attached hydrogen (secondary N) is 1. The van der Waals surface area contributed by atoms with Crippen molar-refractivity contribution < 1.29 is 0 Å². The van der Waals surface area contributed by atoms with E-state index in [0.29, 0.717) is 12.1 Å². The molecule has 0 bridgehead atoms. The third kappa shape index (κ3) is 4.44. The zero-order chi connectivity index (χ0) is 11.1. The van der Waals surface area contributed by atoms with Crippen LogP contribution < -0.4 is 5.32 Å². The van der Waals surface area contributed by atoms with Gasteiger partial charge in [0.1, 0.15) is 0 Å². The van der Waals surface area contributed by atoms with Gasteiger partial charge in [0.05, 0.1) is 12.0 Å². The molecule has 86 valence electrons. The van der Waals surface area contributed by atoms with Crippen molar-refractivity contribution in [3.05, 3.63) is 0 Å². The van der Waals surface area contributed by atoms with Crippen LogP contribution in [-0.4, -0.2) is 24.1 Å². The highest BCUT2D eigenvalue weighted by Gasteiger charge is 2.24. The first-order valence-electron chi connectivity index (χ1n) is 5.92. The van der Waals surface area contributed by atoms with Gasteiger partial charge in [-0.3, -0.25) is 0 Å². The van der Waals surface area contributed by atoms with Crippen molar-refractivity contribution in [2.45, 2.75) is 51.1 Å². The topological polar surface area (TPSA) is 35.8 Å². The first-order valence-corrected chi connectivity index (χ1v) is 7.32. The SMILES string of the molecule is CSCC(C)NC1CCCCCC1C#N. The predicted molar refractivity (Wildman–Crippen MR) is 67.0 cm³/mol. The minimum Gasteiger partial charge on any atom is -0.309 e. The largest absolute Gasteiger partial charge is 0.309 e. The molecule has 0 aromatic heterocycles. The molecule has 1 rings (SSSR count). The van der Waals surface area contributed by atoms with Crippen LogP contribution in [0, 0.1) is 17.2 Å². The molecule has 0 amide bonds. The maximum atomic E-state index is 9.13. The summed E-state index contributed by atoms with van der Waals surface area (Å²) in [6.07, 6.45) is 8.20. The molecule has 0 radical (unpaired) electrons. The summed E-state index contributed by atoms with van der Waals surface area (Å²) in [5.41, 5.74) is 0. The van der Waals surface area contributed by atoms with Crippen LogP contribution >= 0.6 is 11.8 Å². The smallest absolute Gasteiger partial charge is 0.0672 e. The maximum Gasteiger partial charge on any atom is 0.0672 e. The van der Waals surface area contributed by atoms with Crippen LogP contribution in [0.25, 0.3) is 0 Å². The fourth-order valence-corrected chi connectivity index (χ4v) is 2.92. The maximum absolute atomic E-state index is 9.13. The molecular formula is C12H22N2S. The van der Waals surface area contributed by atoms with Gasteiger partial charge in [-0.05, 0) is 26.0 Å². The van der Waals surface area contributed by atoms with E-state index in [2.05, 4.69) is 24.6 Å². The second-order valence-corrected chi connectivity index (χ2v) is 5.41. The third-order valence-electron chi connectivity index (χ3n) is 3.10. The molecule has 3 unspecified atom stereocenters. The van der Waals surface area contributed by atoms with Crippen LogP contribution in [0.4, 0.5) is 0 Å². The van der Waals surface area contributed by atoms with E-state index < -0.39 is 0 Å². The van der Waals surface area contributed by atoms with Crippen LogP contribution in [0.1, 0.15) is 39.0 Å². The molecule has 3 atom stereocenters. The summed E-state index contributed by atoms with van der Waals surface area (Å²) >= 11 is 1.87. The minimum absolute atomic E-state index is 0.233. The van der Waals surface area contributed by atoms with E-state index in [4.69, 9.17) is 5.26 Å². The molecule has 1 aliphatic carbocycles. The molecule has 0 heterocycles. The van der Waals surface area contributed by atoms with Crippen LogP contribution in [0.5, 0.6) is 0 Å². The Hall–Kier alpha value is -0.200. The summed E-state index contributed by atoms with van der Waals surface area (Å²) < 4.78 is 0. The van der Waals surface area contributed by atoms with Gasteiger partial charge in [-0.1, -0.05) is 19.3 Å². The Labute approximate surface area is 97.8 Å². The second-order valence-electron chi connectivity index (χ2n) is 4.50. The molecule has 1 aliphatic rings. The zero-order valence-corrected chi connectivity index (χ0v) is 10.6. The van der Waals surface area contributed by atoms with Gasteiger partial charge in [0, 0.05) is 17.8 Å². The van der Waals surface area contributed by atoms with Crippen LogP contribution in [0.3, 0.4) is 0 Å². The molecule has 0 spiro atoms. The lowest BCUT2D eigenvalue weighted by Gasteiger charge is -2.24. The summed E-state index contributed by atoms with van der Waals surface area (Å²) in [6.45, 7) is 2.22. The van der Waals surface area contributed by atoms with Gasteiger partial charge in [0.15, 0.2) is 0 Å². The molecule has 3 heteroatoms. The molecule has 0 aromatic carbocycles. The van der Waals surface area contributed by atoms with Gasteiger partial charge in [-0.15, -0.1) is 0 Å². The Balaban J connectivity index is 2.44. The molecule has 1 N–H and O–H groups in total. The van der Waals surface area contributed by atoms with Gasteiger partial charge >= 0.3 is 0 Å². The molecule has 0 aromatic rings. The van der Waals surface area contributed by atoms with Gasteiger partial charge in [0.2, 0.25) is 0 Å². The van der Waals surface area contributed by atoms with E-state index in [1.54, 1.807) is 0 Å². The Morgan fingerprint density at radius 2 is 2.13 bits per heavy atom. The van der Waals surface area contributed by atoms with Crippen molar-refractivity contribution >= 4 is 11.8 Å². The monoisotopic (exact) mass is 226 g/mol. The van der Waals surface area contributed by atoms with E-state index in [-0.39, 0.29) is 5.92 Å². The van der Waals surface area contributed by atoms with Crippen molar-refractivity contribution in [2.24, 2.45) is 5.92 Å². The molecule has 0 aliphatic heterocycles. The first kappa shape index (κ1) is 12.9. The van der Waals surface area contributed by atoms with Crippen LogP contribution in [0.15, 0.2) is 0 Å². The number of hydrogen-bond donors (Lipinski definition) is 1. The Bertz CT molecular complexity index is 212. The molecular weight excluding hydrogens is 204 g/mol. The average Bonchev–Trinajstić information content (AvgIpc) is 2.43. The molecule has 0 saturated heterocycles. The molecule has 2 nitrogen and oxygen atoms in total. The normalized spacial score (nSPS) is 29.1. The van der Waals surface area contributed by atoms with Crippen molar-refractivity contribution in [1.29, 1.82) is 5.26 Å². The van der Waals surface area contributed by atoms with Gasteiger partial charge < -0.3 is 5.32 Å². The number of nitriles is 1. The molecule has 15 heavy (non-hydrogen) atoms. The fraction of sp³-hybridized carbons (Fsp3) is 0.917. The summed E-state index contributed by atoms with van der Waals surface area (Å²) in [4.78, 5) is 0. The number of thioether (sulfide) groups is 1. The second kappa shape index (κ2) is 7.14. The van der Waals surface area contributed by atoms with Crippen molar-refractivity contribution in [2.75, 3.05) is 12.0 Å². The van der Waals surface area contributed by atoms with Gasteiger partial charge in [-0.2, -0.15) is 17.0 Å². The van der Waals surface area contributed by atoms with Crippen molar-refractivity contribution in [3.8, 4) is 6.07 Å². The van der Waals surface area contributed by atoms with E-state index >= 15 is 0 Å². The van der Waals surface area contributed by atoms with Gasteiger partial charge in [0.25, 0.3) is 0 Å². The number of rotatable bonds is 4. The standard InChI is InChI=1S/C12H22N2S/c1-10(9-15-2)14-12-7-5-3-4-6-11(12)8-13/h10-12,14H,3-7,9H2,1-2H3. The summed E-state index contributed by atoms with van der Waals surface area (Å²) in [5, 5.41) is 12.8.